The maximum absolute atomic E-state index is 12.6. The molecule has 13 heteroatoms. The molecule has 1 rings (SSSR count). The highest BCUT2D eigenvalue weighted by molar-refractivity contribution is 5.93. The fraction of sp³-hybridized carbons (Fsp3) is 0.400. The van der Waals surface area contributed by atoms with E-state index in [1.807, 2.05) is 0 Å². The maximum atomic E-state index is 12.6. The van der Waals surface area contributed by atoms with Gasteiger partial charge < -0.3 is 37.0 Å². The summed E-state index contributed by atoms with van der Waals surface area (Å²) in [4.78, 5) is 69.5. The molecule has 0 bridgehead atoms. The number of nitrogens with two attached hydrogens (primary N) is 1. The summed E-state index contributed by atoms with van der Waals surface area (Å²) in [7, 11) is 0. The molecule has 1 aromatic carbocycles. The van der Waals surface area contributed by atoms with Gasteiger partial charge in [0.25, 0.3) is 0 Å². The standard InChI is InChI=1S/C20H26N4O9/c21-12(9-17(28)29)18(30)22-10-15(25)23-13(6-7-16(26)27)19(31)24-14(20(32)33)8-11-4-2-1-3-5-11/h1-5,12-14H,6-10,21H2,(H,22,30)(H,23,25)(H,24,31)(H,26,27)(H,28,29)(H,32,33). The van der Waals surface area contributed by atoms with E-state index in [9.17, 15) is 33.9 Å². The van der Waals surface area contributed by atoms with Crippen molar-refractivity contribution in [2.24, 2.45) is 5.73 Å². The Morgan fingerprint density at radius 1 is 0.848 bits per heavy atom. The molecular formula is C20H26N4O9. The van der Waals surface area contributed by atoms with Crippen molar-refractivity contribution in [1.82, 2.24) is 16.0 Å². The smallest absolute Gasteiger partial charge is 0.326 e. The van der Waals surface area contributed by atoms with Gasteiger partial charge in [0, 0.05) is 12.8 Å². The molecule has 0 saturated carbocycles. The largest absolute Gasteiger partial charge is 0.481 e. The Kier molecular flexibility index (Phi) is 11.0. The predicted octanol–water partition coefficient (Wildman–Crippen LogP) is -1.93. The first-order valence-electron chi connectivity index (χ1n) is 9.83. The lowest BCUT2D eigenvalue weighted by atomic mass is 10.0. The van der Waals surface area contributed by atoms with E-state index in [1.54, 1.807) is 30.3 Å². The highest BCUT2D eigenvalue weighted by Crippen LogP contribution is 2.05. The van der Waals surface area contributed by atoms with Crippen LogP contribution in [0.15, 0.2) is 30.3 Å². The number of amides is 3. The number of hydrogen-bond acceptors (Lipinski definition) is 7. The van der Waals surface area contributed by atoms with E-state index in [-0.39, 0.29) is 12.8 Å². The third-order valence-electron chi connectivity index (χ3n) is 4.35. The minimum atomic E-state index is -1.39. The molecular weight excluding hydrogens is 440 g/mol. The van der Waals surface area contributed by atoms with Crippen LogP contribution < -0.4 is 21.7 Å². The van der Waals surface area contributed by atoms with E-state index in [0.717, 1.165) is 0 Å². The van der Waals surface area contributed by atoms with E-state index in [4.69, 9.17) is 15.9 Å². The Bertz CT molecular complexity index is 876. The maximum Gasteiger partial charge on any atom is 0.326 e. The van der Waals surface area contributed by atoms with Crippen LogP contribution >= 0.6 is 0 Å². The van der Waals surface area contributed by atoms with E-state index in [0.29, 0.717) is 5.56 Å². The second-order valence-electron chi connectivity index (χ2n) is 7.06. The first-order valence-corrected chi connectivity index (χ1v) is 9.83. The number of benzene rings is 1. The highest BCUT2D eigenvalue weighted by atomic mass is 16.4. The summed E-state index contributed by atoms with van der Waals surface area (Å²) in [6.45, 7) is -0.657. The molecule has 0 fully saturated rings. The lowest BCUT2D eigenvalue weighted by molar-refractivity contribution is -0.143. The van der Waals surface area contributed by atoms with Crippen LogP contribution in [0.25, 0.3) is 0 Å². The van der Waals surface area contributed by atoms with Gasteiger partial charge in [0.1, 0.15) is 12.1 Å². The summed E-state index contributed by atoms with van der Waals surface area (Å²) in [5, 5.41) is 33.6. The van der Waals surface area contributed by atoms with E-state index >= 15 is 0 Å². The van der Waals surface area contributed by atoms with Crippen molar-refractivity contribution in [1.29, 1.82) is 0 Å². The minimum absolute atomic E-state index is 0.0426. The molecule has 33 heavy (non-hydrogen) atoms. The van der Waals surface area contributed by atoms with Crippen molar-refractivity contribution < 1.29 is 44.1 Å². The van der Waals surface area contributed by atoms with Crippen molar-refractivity contribution in [3.63, 3.8) is 0 Å². The molecule has 0 aliphatic heterocycles. The molecule has 0 saturated heterocycles. The van der Waals surface area contributed by atoms with Crippen LogP contribution in [0.1, 0.15) is 24.8 Å². The zero-order valence-corrected chi connectivity index (χ0v) is 17.5. The molecule has 3 unspecified atom stereocenters. The molecule has 0 radical (unpaired) electrons. The van der Waals surface area contributed by atoms with Crippen molar-refractivity contribution in [3.05, 3.63) is 35.9 Å². The SMILES string of the molecule is NC(CC(=O)O)C(=O)NCC(=O)NC(CCC(=O)O)C(=O)NC(Cc1ccccc1)C(=O)O. The molecule has 1 aromatic rings. The third-order valence-corrected chi connectivity index (χ3v) is 4.35. The van der Waals surface area contributed by atoms with Gasteiger partial charge in [-0.2, -0.15) is 0 Å². The van der Waals surface area contributed by atoms with Gasteiger partial charge in [-0.25, -0.2) is 4.79 Å². The number of carbonyl (C=O) groups is 6. The van der Waals surface area contributed by atoms with Crippen LogP contribution in [0.4, 0.5) is 0 Å². The monoisotopic (exact) mass is 466 g/mol. The number of hydrogen-bond donors (Lipinski definition) is 7. The first kappa shape index (κ1) is 27.0. The quantitative estimate of drug-likeness (QED) is 0.161. The Labute approximate surface area is 188 Å². The molecule has 0 aliphatic rings. The van der Waals surface area contributed by atoms with Gasteiger partial charge in [0.15, 0.2) is 0 Å². The minimum Gasteiger partial charge on any atom is -0.481 e. The lowest BCUT2D eigenvalue weighted by Crippen LogP contribution is -2.54. The number of rotatable bonds is 14. The van der Waals surface area contributed by atoms with Gasteiger partial charge in [0.05, 0.1) is 19.0 Å². The van der Waals surface area contributed by atoms with Crippen LogP contribution in [-0.2, 0) is 35.2 Å². The predicted molar refractivity (Wildman–Crippen MR) is 112 cm³/mol. The fourth-order valence-corrected chi connectivity index (χ4v) is 2.68. The van der Waals surface area contributed by atoms with Crippen molar-refractivity contribution >= 4 is 35.6 Å². The summed E-state index contributed by atoms with van der Waals surface area (Å²) in [6, 6.07) is 4.35. The summed E-state index contributed by atoms with van der Waals surface area (Å²) < 4.78 is 0. The molecule has 0 aliphatic carbocycles. The van der Waals surface area contributed by atoms with Crippen LogP contribution in [0.5, 0.6) is 0 Å². The van der Waals surface area contributed by atoms with E-state index in [2.05, 4.69) is 16.0 Å². The molecule has 0 aromatic heterocycles. The lowest BCUT2D eigenvalue weighted by Gasteiger charge is -2.21. The number of aliphatic carboxylic acids is 3. The van der Waals surface area contributed by atoms with Gasteiger partial charge in [0.2, 0.25) is 17.7 Å². The molecule has 3 amide bonds. The average Bonchev–Trinajstić information content (AvgIpc) is 2.74. The second-order valence-corrected chi connectivity index (χ2v) is 7.06. The van der Waals surface area contributed by atoms with Crippen LogP contribution in [0, 0.1) is 0 Å². The molecule has 3 atom stereocenters. The van der Waals surface area contributed by atoms with Gasteiger partial charge in [-0.3, -0.25) is 24.0 Å². The Morgan fingerprint density at radius 3 is 2.03 bits per heavy atom. The van der Waals surface area contributed by atoms with Crippen molar-refractivity contribution in [2.75, 3.05) is 6.54 Å². The Morgan fingerprint density at radius 2 is 1.48 bits per heavy atom. The zero-order chi connectivity index (χ0) is 25.0. The Hall–Kier alpha value is -4.00. The van der Waals surface area contributed by atoms with Crippen molar-refractivity contribution in [2.45, 2.75) is 43.8 Å². The molecule has 0 heterocycles. The van der Waals surface area contributed by atoms with Gasteiger partial charge in [-0.05, 0) is 12.0 Å². The van der Waals surface area contributed by atoms with Gasteiger partial charge >= 0.3 is 17.9 Å². The molecule has 180 valence electrons. The van der Waals surface area contributed by atoms with Gasteiger partial charge in [-0.1, -0.05) is 30.3 Å². The number of carboxylic acid groups (broad SMARTS) is 3. The molecule has 0 spiro atoms. The second kappa shape index (κ2) is 13.4. The topological polar surface area (TPSA) is 225 Å². The average molecular weight is 466 g/mol. The fourth-order valence-electron chi connectivity index (χ4n) is 2.68. The summed E-state index contributed by atoms with van der Waals surface area (Å²) in [5.74, 6) is -6.58. The normalized spacial score (nSPS) is 13.1. The number of carbonyl (C=O) groups excluding carboxylic acids is 3. The number of nitrogens with one attached hydrogen (secondary N) is 3. The Balaban J connectivity index is 2.77. The third kappa shape index (κ3) is 10.7. The first-order chi connectivity index (χ1) is 15.5. The zero-order valence-electron chi connectivity index (χ0n) is 17.5. The van der Waals surface area contributed by atoms with Crippen LogP contribution in [0.3, 0.4) is 0 Å². The molecule has 8 N–H and O–H groups in total. The van der Waals surface area contributed by atoms with Crippen LogP contribution in [0.2, 0.25) is 0 Å². The van der Waals surface area contributed by atoms with E-state index < -0.39 is 73.1 Å². The highest BCUT2D eigenvalue weighted by Gasteiger charge is 2.27. The van der Waals surface area contributed by atoms with Crippen molar-refractivity contribution in [3.8, 4) is 0 Å². The van der Waals surface area contributed by atoms with E-state index in [1.165, 1.54) is 0 Å². The molecule has 13 nitrogen and oxygen atoms in total. The summed E-state index contributed by atoms with van der Waals surface area (Å²) >= 11 is 0. The summed E-state index contributed by atoms with van der Waals surface area (Å²) in [6.07, 6.45) is -1.53. The van der Waals surface area contributed by atoms with Crippen LogP contribution in [-0.4, -0.2) is 75.6 Å². The summed E-state index contributed by atoms with van der Waals surface area (Å²) in [5.41, 5.74) is 6.01. The number of carboxylic acids is 3. The van der Waals surface area contributed by atoms with Gasteiger partial charge in [-0.15, -0.1) is 0 Å².